The van der Waals surface area contributed by atoms with Crippen molar-refractivity contribution >= 4 is 17.9 Å². The lowest BCUT2D eigenvalue weighted by Crippen LogP contribution is -2.49. The second-order valence-electron chi connectivity index (χ2n) is 7.27. The van der Waals surface area contributed by atoms with Gasteiger partial charge < -0.3 is 14.8 Å². The lowest BCUT2D eigenvalue weighted by molar-refractivity contribution is -0.123. The lowest BCUT2D eigenvalue weighted by atomic mass is 10.1. The van der Waals surface area contributed by atoms with Gasteiger partial charge in [0.25, 0.3) is 5.91 Å². The molecule has 0 atom stereocenters. The average Bonchev–Trinajstić information content (AvgIpc) is 2.64. The molecule has 0 unspecified atom stereocenters. The van der Waals surface area contributed by atoms with Crippen molar-refractivity contribution in [1.82, 2.24) is 10.6 Å². The summed E-state index contributed by atoms with van der Waals surface area (Å²) in [7, 11) is 0. The number of carbonyl (C=O) groups is 3. The number of rotatable bonds is 6. The van der Waals surface area contributed by atoms with Gasteiger partial charge in [-0.25, -0.2) is 14.0 Å². The van der Waals surface area contributed by atoms with Crippen LogP contribution in [0.2, 0.25) is 0 Å². The normalized spacial score (nSPS) is 10.8. The third kappa shape index (κ3) is 8.00. The number of nitrogens with one attached hydrogen (secondary N) is 2. The van der Waals surface area contributed by atoms with Gasteiger partial charge in [-0.1, -0.05) is 18.2 Å². The number of amides is 3. The third-order valence-electron chi connectivity index (χ3n) is 3.46. The first-order chi connectivity index (χ1) is 13.6. The summed E-state index contributed by atoms with van der Waals surface area (Å²) in [5, 5.41) is 4.64. The Morgan fingerprint density at radius 2 is 1.72 bits per heavy atom. The fraction of sp³-hybridized carbons (Fsp3) is 0.286. The van der Waals surface area contributed by atoms with Gasteiger partial charge in [0.15, 0.2) is 6.61 Å². The molecule has 2 aromatic carbocycles. The molecular formula is C21H23FN2O5. The molecule has 0 spiro atoms. The number of carbonyl (C=O) groups excluding carboxylic acids is 3. The summed E-state index contributed by atoms with van der Waals surface area (Å²) >= 11 is 0. The number of benzene rings is 2. The predicted octanol–water partition coefficient (Wildman–Crippen LogP) is 3.19. The molecule has 29 heavy (non-hydrogen) atoms. The van der Waals surface area contributed by atoms with Crippen LogP contribution in [0.5, 0.6) is 5.75 Å². The van der Waals surface area contributed by atoms with Crippen LogP contribution in [0.25, 0.3) is 0 Å². The van der Waals surface area contributed by atoms with Crippen LogP contribution in [0.3, 0.4) is 0 Å². The first kappa shape index (κ1) is 21.9. The zero-order valence-corrected chi connectivity index (χ0v) is 16.5. The van der Waals surface area contributed by atoms with Crippen molar-refractivity contribution in [2.45, 2.75) is 32.9 Å². The number of imide groups is 1. The molecule has 3 amide bonds. The maximum atomic E-state index is 12.9. The van der Waals surface area contributed by atoms with E-state index in [2.05, 4.69) is 10.6 Å². The van der Waals surface area contributed by atoms with Crippen molar-refractivity contribution in [3.8, 4) is 5.75 Å². The van der Waals surface area contributed by atoms with Gasteiger partial charge in [0, 0.05) is 5.54 Å². The van der Waals surface area contributed by atoms with Gasteiger partial charge in [0.1, 0.15) is 18.2 Å². The molecule has 0 aliphatic rings. The molecule has 0 saturated carbocycles. The number of urea groups is 1. The molecule has 0 radical (unpaired) electrons. The highest BCUT2D eigenvalue weighted by molar-refractivity contribution is 5.97. The van der Waals surface area contributed by atoms with E-state index in [9.17, 15) is 18.8 Å². The maximum Gasteiger partial charge on any atom is 0.338 e. The Hall–Kier alpha value is -3.42. The minimum Gasteiger partial charge on any atom is -0.489 e. The van der Waals surface area contributed by atoms with Crippen molar-refractivity contribution in [1.29, 1.82) is 0 Å². The van der Waals surface area contributed by atoms with Gasteiger partial charge in [-0.3, -0.25) is 10.1 Å². The summed E-state index contributed by atoms with van der Waals surface area (Å²) in [6.45, 7) is 4.90. The Labute approximate surface area is 168 Å². The van der Waals surface area contributed by atoms with Crippen LogP contribution in [-0.2, 0) is 16.1 Å². The highest BCUT2D eigenvalue weighted by Gasteiger charge is 2.17. The molecule has 0 bridgehead atoms. The molecule has 2 aromatic rings. The van der Waals surface area contributed by atoms with Gasteiger partial charge >= 0.3 is 12.0 Å². The summed E-state index contributed by atoms with van der Waals surface area (Å²) in [5.41, 5.74) is 0.452. The van der Waals surface area contributed by atoms with E-state index >= 15 is 0 Å². The van der Waals surface area contributed by atoms with E-state index in [0.717, 1.165) is 5.56 Å². The smallest absolute Gasteiger partial charge is 0.338 e. The van der Waals surface area contributed by atoms with E-state index in [4.69, 9.17) is 9.47 Å². The molecule has 2 rings (SSSR count). The van der Waals surface area contributed by atoms with Crippen LogP contribution >= 0.6 is 0 Å². The highest BCUT2D eigenvalue weighted by Crippen LogP contribution is 2.16. The molecule has 0 aliphatic heterocycles. The molecule has 154 valence electrons. The quantitative estimate of drug-likeness (QED) is 0.724. The summed E-state index contributed by atoms with van der Waals surface area (Å²) in [4.78, 5) is 35.5. The maximum absolute atomic E-state index is 12.9. The Bertz CT molecular complexity index is 875. The van der Waals surface area contributed by atoms with E-state index < -0.39 is 30.1 Å². The number of halogens is 1. The summed E-state index contributed by atoms with van der Waals surface area (Å²) in [6.07, 6.45) is 0. The lowest BCUT2D eigenvalue weighted by Gasteiger charge is -2.20. The van der Waals surface area contributed by atoms with Crippen molar-refractivity contribution in [2.24, 2.45) is 0 Å². The fourth-order valence-corrected chi connectivity index (χ4v) is 2.21. The predicted molar refractivity (Wildman–Crippen MR) is 104 cm³/mol. The van der Waals surface area contributed by atoms with Crippen LogP contribution in [0.1, 0.15) is 36.7 Å². The number of ether oxygens (including phenoxy) is 2. The third-order valence-corrected chi connectivity index (χ3v) is 3.46. The zero-order valence-electron chi connectivity index (χ0n) is 16.5. The fourth-order valence-electron chi connectivity index (χ4n) is 2.21. The van der Waals surface area contributed by atoms with Crippen molar-refractivity contribution < 1.29 is 28.2 Å². The highest BCUT2D eigenvalue weighted by atomic mass is 19.1. The Balaban J connectivity index is 1.84. The second-order valence-corrected chi connectivity index (χ2v) is 7.27. The number of esters is 1. The molecule has 7 nitrogen and oxygen atoms in total. The number of hydrogen-bond acceptors (Lipinski definition) is 5. The molecular weight excluding hydrogens is 379 g/mol. The average molecular weight is 402 g/mol. The van der Waals surface area contributed by atoms with Gasteiger partial charge in [0.05, 0.1) is 5.56 Å². The number of hydrogen-bond donors (Lipinski definition) is 2. The Morgan fingerprint density at radius 1 is 1.03 bits per heavy atom. The van der Waals surface area contributed by atoms with Gasteiger partial charge in [0.2, 0.25) is 0 Å². The van der Waals surface area contributed by atoms with Crippen LogP contribution in [-0.4, -0.2) is 30.1 Å². The van der Waals surface area contributed by atoms with Crippen LogP contribution in [0, 0.1) is 5.82 Å². The Morgan fingerprint density at radius 3 is 2.38 bits per heavy atom. The van der Waals surface area contributed by atoms with Crippen LogP contribution in [0.4, 0.5) is 9.18 Å². The van der Waals surface area contributed by atoms with Crippen LogP contribution in [0.15, 0.2) is 48.5 Å². The van der Waals surface area contributed by atoms with Crippen molar-refractivity contribution in [3.05, 3.63) is 65.5 Å². The van der Waals surface area contributed by atoms with E-state index in [0.29, 0.717) is 5.75 Å². The van der Waals surface area contributed by atoms with Crippen LogP contribution < -0.4 is 15.4 Å². The Kier molecular flexibility index (Phi) is 7.30. The van der Waals surface area contributed by atoms with Gasteiger partial charge in [-0.15, -0.1) is 0 Å². The van der Waals surface area contributed by atoms with E-state index in [1.807, 2.05) is 0 Å². The molecule has 0 aromatic heterocycles. The van der Waals surface area contributed by atoms with Crippen molar-refractivity contribution in [2.75, 3.05) is 6.61 Å². The summed E-state index contributed by atoms with van der Waals surface area (Å²) in [6, 6.07) is 11.4. The zero-order chi connectivity index (χ0) is 21.4. The summed E-state index contributed by atoms with van der Waals surface area (Å²) in [5.74, 6) is -1.40. The van der Waals surface area contributed by atoms with Gasteiger partial charge in [-0.05, 0) is 56.7 Å². The molecule has 8 heteroatoms. The van der Waals surface area contributed by atoms with E-state index in [1.165, 1.54) is 24.3 Å². The monoisotopic (exact) mass is 402 g/mol. The van der Waals surface area contributed by atoms with E-state index in [1.54, 1.807) is 45.0 Å². The largest absolute Gasteiger partial charge is 0.489 e. The molecule has 0 saturated heterocycles. The van der Waals surface area contributed by atoms with E-state index in [-0.39, 0.29) is 18.0 Å². The first-order valence-electron chi connectivity index (χ1n) is 8.89. The molecule has 2 N–H and O–H groups in total. The summed E-state index contributed by atoms with van der Waals surface area (Å²) < 4.78 is 23.4. The molecule has 0 fully saturated rings. The minimum absolute atomic E-state index is 0.188. The molecule has 0 aliphatic carbocycles. The minimum atomic E-state index is -0.746. The first-order valence-corrected chi connectivity index (χ1v) is 8.89. The SMILES string of the molecule is CC(C)(C)NC(=O)NC(=O)COC(=O)c1cccc(OCc2ccc(F)cc2)c1. The van der Waals surface area contributed by atoms with Crippen molar-refractivity contribution in [3.63, 3.8) is 0 Å². The second kappa shape index (κ2) is 9.68. The topological polar surface area (TPSA) is 93.7 Å². The molecule has 0 heterocycles. The standard InChI is InChI=1S/C21H23FN2O5/c1-21(2,3)24-20(27)23-18(25)13-29-19(26)15-5-4-6-17(11-15)28-12-14-7-9-16(22)10-8-14/h4-11H,12-13H2,1-3H3,(H2,23,24,25,27). The van der Waals surface area contributed by atoms with Gasteiger partial charge in [-0.2, -0.15) is 0 Å².